The molecule has 20 heavy (non-hydrogen) atoms. The largest absolute Gasteiger partial charge is 0.368 e. The first-order valence-electron chi connectivity index (χ1n) is 6.83. The molecule has 0 fully saturated rings. The van der Waals surface area contributed by atoms with Crippen molar-refractivity contribution in [2.45, 2.75) is 13.3 Å². The second-order valence-corrected chi connectivity index (χ2v) is 4.95. The number of nitrogens with zero attached hydrogens (tertiary/aromatic N) is 2. The van der Waals surface area contributed by atoms with Gasteiger partial charge < -0.3 is 5.32 Å². The summed E-state index contributed by atoms with van der Waals surface area (Å²) in [6.45, 7) is 2.97. The Balaban J connectivity index is 1.71. The molecule has 1 heterocycles. The minimum atomic E-state index is 0.853. The van der Waals surface area contributed by atoms with Gasteiger partial charge in [0.1, 0.15) is 0 Å². The van der Waals surface area contributed by atoms with Gasteiger partial charge in [0.05, 0.1) is 6.20 Å². The van der Waals surface area contributed by atoms with E-state index in [2.05, 4.69) is 58.8 Å². The molecule has 0 atom stereocenters. The third-order valence-electron chi connectivity index (χ3n) is 3.36. The molecule has 1 aromatic heterocycles. The van der Waals surface area contributed by atoms with Gasteiger partial charge in [0.2, 0.25) is 0 Å². The maximum atomic E-state index is 4.19. The molecule has 0 aliphatic heterocycles. The highest BCUT2D eigenvalue weighted by Crippen LogP contribution is 2.19. The highest BCUT2D eigenvalue weighted by atomic mass is 15.2. The standard InChI is InChI=1S/C17H17N3/c1-13-5-4-6-14(11-13)9-10-18-17-16-8-3-2-7-15(16)12-19-20-17/h2-8,11-12H,9-10H2,1H3,(H,18,20). The number of aryl methyl sites for hydroxylation is 1. The van der Waals surface area contributed by atoms with Crippen molar-refractivity contribution in [3.63, 3.8) is 0 Å². The van der Waals surface area contributed by atoms with E-state index in [1.54, 1.807) is 6.20 Å². The quantitative estimate of drug-likeness (QED) is 0.781. The maximum absolute atomic E-state index is 4.19. The Morgan fingerprint density at radius 1 is 1.05 bits per heavy atom. The van der Waals surface area contributed by atoms with Crippen LogP contribution in [0.15, 0.2) is 54.7 Å². The molecule has 2 aromatic carbocycles. The van der Waals surface area contributed by atoms with E-state index in [0.29, 0.717) is 0 Å². The van der Waals surface area contributed by atoms with Gasteiger partial charge in [0, 0.05) is 17.3 Å². The van der Waals surface area contributed by atoms with Gasteiger partial charge >= 0.3 is 0 Å². The lowest BCUT2D eigenvalue weighted by atomic mass is 10.1. The minimum absolute atomic E-state index is 0.853. The number of anilines is 1. The van der Waals surface area contributed by atoms with Crippen LogP contribution in [0.5, 0.6) is 0 Å². The molecule has 0 radical (unpaired) electrons. The zero-order valence-electron chi connectivity index (χ0n) is 11.5. The van der Waals surface area contributed by atoms with Crippen molar-refractivity contribution in [1.82, 2.24) is 10.2 Å². The summed E-state index contributed by atoms with van der Waals surface area (Å²) in [7, 11) is 0. The number of fused-ring (bicyclic) bond motifs is 1. The number of rotatable bonds is 4. The topological polar surface area (TPSA) is 37.8 Å². The van der Waals surface area contributed by atoms with Gasteiger partial charge in [-0.1, -0.05) is 54.1 Å². The van der Waals surface area contributed by atoms with Crippen LogP contribution < -0.4 is 5.32 Å². The lowest BCUT2D eigenvalue weighted by molar-refractivity contribution is 0.975. The fourth-order valence-electron chi connectivity index (χ4n) is 2.35. The molecule has 0 saturated heterocycles. The molecule has 100 valence electrons. The van der Waals surface area contributed by atoms with Crippen molar-refractivity contribution in [2.75, 3.05) is 11.9 Å². The third kappa shape index (κ3) is 2.77. The first-order valence-corrected chi connectivity index (χ1v) is 6.83. The second-order valence-electron chi connectivity index (χ2n) is 4.95. The normalized spacial score (nSPS) is 10.7. The Labute approximate surface area is 118 Å². The Bertz CT molecular complexity index is 717. The molecule has 1 N–H and O–H groups in total. The number of aromatic nitrogens is 2. The zero-order chi connectivity index (χ0) is 13.8. The Morgan fingerprint density at radius 2 is 1.95 bits per heavy atom. The molecular formula is C17H17N3. The van der Waals surface area contributed by atoms with Crippen molar-refractivity contribution in [2.24, 2.45) is 0 Å². The molecule has 3 rings (SSSR count). The lowest BCUT2D eigenvalue weighted by Gasteiger charge is -2.08. The van der Waals surface area contributed by atoms with Crippen LogP contribution in [0.25, 0.3) is 10.8 Å². The smallest absolute Gasteiger partial charge is 0.156 e. The monoisotopic (exact) mass is 263 g/mol. The Hall–Kier alpha value is -2.42. The Morgan fingerprint density at radius 3 is 2.85 bits per heavy atom. The summed E-state index contributed by atoms with van der Waals surface area (Å²) >= 11 is 0. The summed E-state index contributed by atoms with van der Waals surface area (Å²) < 4.78 is 0. The average molecular weight is 263 g/mol. The highest BCUT2D eigenvalue weighted by molar-refractivity contribution is 5.90. The van der Waals surface area contributed by atoms with Crippen molar-refractivity contribution < 1.29 is 0 Å². The van der Waals surface area contributed by atoms with Gasteiger partial charge in [-0.25, -0.2) is 0 Å². The molecule has 3 heteroatoms. The molecule has 0 aliphatic carbocycles. The summed E-state index contributed by atoms with van der Waals surface area (Å²) in [5.41, 5.74) is 2.64. The first kappa shape index (κ1) is 12.6. The van der Waals surface area contributed by atoms with E-state index < -0.39 is 0 Å². The van der Waals surface area contributed by atoms with Gasteiger partial charge in [-0.15, -0.1) is 5.10 Å². The van der Waals surface area contributed by atoms with Crippen molar-refractivity contribution in [3.8, 4) is 0 Å². The molecule has 0 unspecified atom stereocenters. The van der Waals surface area contributed by atoms with Crippen LogP contribution in [0.2, 0.25) is 0 Å². The Kier molecular flexibility index (Phi) is 3.59. The van der Waals surface area contributed by atoms with Crippen LogP contribution in [-0.4, -0.2) is 16.7 Å². The van der Waals surface area contributed by atoms with Crippen LogP contribution in [0, 0.1) is 6.92 Å². The number of benzene rings is 2. The van der Waals surface area contributed by atoms with Crippen molar-refractivity contribution >= 4 is 16.6 Å². The van der Waals surface area contributed by atoms with Crippen LogP contribution in [0.4, 0.5) is 5.82 Å². The van der Waals surface area contributed by atoms with E-state index in [0.717, 1.165) is 29.6 Å². The molecule has 0 saturated carbocycles. The summed E-state index contributed by atoms with van der Waals surface area (Å²) in [5, 5.41) is 13.8. The predicted octanol–water partition coefficient (Wildman–Crippen LogP) is 3.59. The summed E-state index contributed by atoms with van der Waals surface area (Å²) in [6, 6.07) is 16.8. The van der Waals surface area contributed by atoms with Gasteiger partial charge in [-0.3, -0.25) is 0 Å². The van der Waals surface area contributed by atoms with Crippen LogP contribution in [0.3, 0.4) is 0 Å². The number of hydrogen-bond acceptors (Lipinski definition) is 3. The van der Waals surface area contributed by atoms with Gasteiger partial charge in [-0.2, -0.15) is 5.10 Å². The molecule has 0 spiro atoms. The van der Waals surface area contributed by atoms with E-state index in [4.69, 9.17) is 0 Å². The van der Waals surface area contributed by atoms with Crippen LogP contribution in [-0.2, 0) is 6.42 Å². The third-order valence-corrected chi connectivity index (χ3v) is 3.36. The summed E-state index contributed by atoms with van der Waals surface area (Å²) in [6.07, 6.45) is 2.77. The first-order chi connectivity index (χ1) is 9.83. The molecule has 3 nitrogen and oxygen atoms in total. The molecule has 0 amide bonds. The summed E-state index contributed by atoms with van der Waals surface area (Å²) in [4.78, 5) is 0. The number of nitrogens with one attached hydrogen (secondary N) is 1. The van der Waals surface area contributed by atoms with E-state index in [9.17, 15) is 0 Å². The second kappa shape index (κ2) is 5.70. The van der Waals surface area contributed by atoms with E-state index in [-0.39, 0.29) is 0 Å². The van der Waals surface area contributed by atoms with Gasteiger partial charge in [0.25, 0.3) is 0 Å². The zero-order valence-corrected chi connectivity index (χ0v) is 11.5. The van der Waals surface area contributed by atoms with Crippen molar-refractivity contribution in [1.29, 1.82) is 0 Å². The summed E-state index contributed by atoms with van der Waals surface area (Å²) in [5.74, 6) is 0.857. The molecular weight excluding hydrogens is 246 g/mol. The van der Waals surface area contributed by atoms with Crippen LogP contribution >= 0.6 is 0 Å². The fourth-order valence-corrected chi connectivity index (χ4v) is 2.35. The number of hydrogen-bond donors (Lipinski definition) is 1. The average Bonchev–Trinajstić information content (AvgIpc) is 2.48. The van der Waals surface area contributed by atoms with Crippen LogP contribution in [0.1, 0.15) is 11.1 Å². The van der Waals surface area contributed by atoms with Gasteiger partial charge in [-0.05, 0) is 18.9 Å². The minimum Gasteiger partial charge on any atom is -0.368 e. The van der Waals surface area contributed by atoms with Gasteiger partial charge in [0.15, 0.2) is 5.82 Å². The van der Waals surface area contributed by atoms with E-state index >= 15 is 0 Å². The lowest BCUT2D eigenvalue weighted by Crippen LogP contribution is -2.07. The predicted molar refractivity (Wildman–Crippen MR) is 82.9 cm³/mol. The van der Waals surface area contributed by atoms with E-state index in [1.165, 1.54) is 11.1 Å². The fraction of sp³-hybridized carbons (Fsp3) is 0.176. The van der Waals surface area contributed by atoms with Crippen molar-refractivity contribution in [3.05, 3.63) is 65.9 Å². The van der Waals surface area contributed by atoms with E-state index in [1.807, 2.05) is 12.1 Å². The SMILES string of the molecule is Cc1cccc(CCNc2nncc3ccccc23)c1. The molecule has 0 bridgehead atoms. The molecule has 0 aliphatic rings. The molecule has 3 aromatic rings. The maximum Gasteiger partial charge on any atom is 0.156 e. The highest BCUT2D eigenvalue weighted by Gasteiger charge is 2.02.